The molecule has 106 valence electrons. The quantitative estimate of drug-likeness (QED) is 0.802. The van der Waals surface area contributed by atoms with Crippen LogP contribution in [-0.4, -0.2) is 41.3 Å². The Bertz CT molecular complexity index is 523. The summed E-state index contributed by atoms with van der Waals surface area (Å²) in [5, 5.41) is 0.717. The summed E-state index contributed by atoms with van der Waals surface area (Å²) in [5.41, 5.74) is 0.816. The fourth-order valence-corrected chi connectivity index (χ4v) is 5.30. The second-order valence-electron chi connectivity index (χ2n) is 4.72. The molecule has 7 heteroatoms. The van der Waals surface area contributed by atoms with Crippen molar-refractivity contribution in [2.24, 2.45) is 0 Å². The van der Waals surface area contributed by atoms with E-state index in [4.69, 9.17) is 11.6 Å². The Morgan fingerprint density at radius 2 is 2.00 bits per heavy atom. The third-order valence-corrected chi connectivity index (χ3v) is 6.23. The molecule has 2 heterocycles. The van der Waals surface area contributed by atoms with Crippen molar-refractivity contribution in [2.45, 2.75) is 35.3 Å². The van der Waals surface area contributed by atoms with Crippen LogP contribution in [0, 0.1) is 0 Å². The summed E-state index contributed by atoms with van der Waals surface area (Å²) in [6, 6.07) is 3.24. The van der Waals surface area contributed by atoms with E-state index >= 15 is 0 Å². The van der Waals surface area contributed by atoms with Crippen molar-refractivity contribution in [1.29, 1.82) is 0 Å². The van der Waals surface area contributed by atoms with Gasteiger partial charge in [-0.15, -0.1) is 11.6 Å². The molecule has 0 bridgehead atoms. The van der Waals surface area contributed by atoms with Crippen LogP contribution < -0.4 is 0 Å². The van der Waals surface area contributed by atoms with Gasteiger partial charge in [-0.3, -0.25) is 0 Å². The van der Waals surface area contributed by atoms with Gasteiger partial charge in [0.2, 0.25) is 0 Å². The number of sulfonamides is 1. The Labute approximate surface area is 123 Å². The summed E-state index contributed by atoms with van der Waals surface area (Å²) >= 11 is 7.50. The molecule has 0 spiro atoms. The van der Waals surface area contributed by atoms with Crippen molar-refractivity contribution < 1.29 is 8.42 Å². The number of rotatable bonds is 3. The second kappa shape index (κ2) is 5.99. The zero-order valence-corrected chi connectivity index (χ0v) is 13.3. The van der Waals surface area contributed by atoms with Crippen LogP contribution in [0.3, 0.4) is 0 Å². The van der Waals surface area contributed by atoms with Gasteiger partial charge in [-0.2, -0.15) is 16.1 Å². The van der Waals surface area contributed by atoms with Gasteiger partial charge >= 0.3 is 0 Å². The Hall–Kier alpha value is -0.300. The molecule has 0 radical (unpaired) electrons. The molecule has 1 fully saturated rings. The van der Waals surface area contributed by atoms with Crippen LogP contribution in [0.25, 0.3) is 0 Å². The molecule has 0 saturated carbocycles. The molecule has 0 amide bonds. The second-order valence-corrected chi connectivity index (χ2v) is 8.75. The van der Waals surface area contributed by atoms with Crippen molar-refractivity contribution in [1.82, 2.24) is 9.29 Å². The van der Waals surface area contributed by atoms with Crippen LogP contribution in [0.2, 0.25) is 0 Å². The van der Waals surface area contributed by atoms with Crippen molar-refractivity contribution in [3.63, 3.8) is 0 Å². The first-order valence-corrected chi connectivity index (χ1v) is 9.01. The van der Waals surface area contributed by atoms with E-state index in [0.29, 0.717) is 29.5 Å². The predicted molar refractivity (Wildman–Crippen MR) is 79.1 cm³/mol. The SMILES string of the molecule is CC1CN(S(=O)(=O)c2ccc(CCl)cn2)CC(C)S1. The first kappa shape index (κ1) is 15.1. The summed E-state index contributed by atoms with van der Waals surface area (Å²) in [6.45, 7) is 5.17. The van der Waals surface area contributed by atoms with Gasteiger partial charge < -0.3 is 0 Å². The predicted octanol–water partition coefficient (Wildman–Crippen LogP) is 2.33. The van der Waals surface area contributed by atoms with Crippen LogP contribution in [0.4, 0.5) is 0 Å². The zero-order chi connectivity index (χ0) is 14.0. The van der Waals surface area contributed by atoms with Gasteiger partial charge in [0.25, 0.3) is 10.0 Å². The molecule has 0 aliphatic carbocycles. The van der Waals surface area contributed by atoms with Gasteiger partial charge in [0.1, 0.15) is 0 Å². The Morgan fingerprint density at radius 1 is 1.37 bits per heavy atom. The Morgan fingerprint density at radius 3 is 2.47 bits per heavy atom. The molecule has 2 atom stereocenters. The highest BCUT2D eigenvalue weighted by molar-refractivity contribution is 8.00. The van der Waals surface area contributed by atoms with Crippen LogP contribution >= 0.6 is 23.4 Å². The Kier molecular flexibility index (Phi) is 4.76. The summed E-state index contributed by atoms with van der Waals surface area (Å²) in [6.07, 6.45) is 1.52. The first-order valence-electron chi connectivity index (χ1n) is 6.10. The molecule has 1 saturated heterocycles. The molecule has 1 aromatic heterocycles. The zero-order valence-electron chi connectivity index (χ0n) is 10.9. The summed E-state index contributed by atoms with van der Waals surface area (Å²) in [4.78, 5) is 4.03. The smallest absolute Gasteiger partial charge is 0.243 e. The topological polar surface area (TPSA) is 50.3 Å². The molecule has 4 nitrogen and oxygen atoms in total. The number of aromatic nitrogens is 1. The minimum absolute atomic E-state index is 0.104. The van der Waals surface area contributed by atoms with Crippen LogP contribution in [-0.2, 0) is 15.9 Å². The largest absolute Gasteiger partial charge is 0.260 e. The van der Waals surface area contributed by atoms with Gasteiger partial charge in [0.15, 0.2) is 5.03 Å². The molecule has 1 aliphatic heterocycles. The van der Waals surface area contributed by atoms with Crippen LogP contribution in [0.1, 0.15) is 19.4 Å². The normalized spacial score (nSPS) is 25.4. The summed E-state index contributed by atoms with van der Waals surface area (Å²) < 4.78 is 26.5. The third-order valence-electron chi connectivity index (χ3n) is 2.94. The minimum Gasteiger partial charge on any atom is -0.243 e. The molecule has 1 aromatic rings. The average molecular weight is 321 g/mol. The lowest BCUT2D eigenvalue weighted by Crippen LogP contribution is -2.44. The van der Waals surface area contributed by atoms with E-state index in [0.717, 1.165) is 5.56 Å². The van der Waals surface area contributed by atoms with Crippen LogP contribution in [0.5, 0.6) is 0 Å². The molecular formula is C12H17ClN2O2S2. The lowest BCUT2D eigenvalue weighted by atomic mass is 10.3. The van der Waals surface area contributed by atoms with Gasteiger partial charge in [-0.1, -0.05) is 19.9 Å². The number of alkyl halides is 1. The minimum atomic E-state index is -3.49. The maximum absolute atomic E-state index is 12.5. The van der Waals surface area contributed by atoms with E-state index in [-0.39, 0.29) is 5.03 Å². The number of thioether (sulfide) groups is 1. The van der Waals surface area contributed by atoms with Gasteiger partial charge in [-0.05, 0) is 11.6 Å². The fraction of sp³-hybridized carbons (Fsp3) is 0.583. The molecule has 2 rings (SSSR count). The van der Waals surface area contributed by atoms with Crippen LogP contribution in [0.15, 0.2) is 23.4 Å². The molecule has 2 unspecified atom stereocenters. The monoisotopic (exact) mass is 320 g/mol. The van der Waals surface area contributed by atoms with E-state index in [2.05, 4.69) is 4.98 Å². The average Bonchev–Trinajstić information content (AvgIpc) is 2.37. The van der Waals surface area contributed by atoms with Crippen molar-refractivity contribution >= 4 is 33.4 Å². The molecular weight excluding hydrogens is 304 g/mol. The molecule has 1 aliphatic rings. The number of hydrogen-bond acceptors (Lipinski definition) is 4. The summed E-state index contributed by atoms with van der Waals surface area (Å²) in [5.74, 6) is 0.335. The van der Waals surface area contributed by atoms with E-state index in [1.54, 1.807) is 6.07 Å². The maximum Gasteiger partial charge on any atom is 0.260 e. The van der Waals surface area contributed by atoms with Crippen molar-refractivity contribution in [3.8, 4) is 0 Å². The van der Waals surface area contributed by atoms with Gasteiger partial charge in [0.05, 0.1) is 0 Å². The summed E-state index contributed by atoms with van der Waals surface area (Å²) in [7, 11) is -3.49. The van der Waals surface area contributed by atoms with Gasteiger partial charge in [-0.25, -0.2) is 13.4 Å². The Balaban J connectivity index is 2.25. The first-order chi connectivity index (χ1) is 8.93. The molecule has 0 aromatic carbocycles. The number of hydrogen-bond donors (Lipinski definition) is 0. The van der Waals surface area contributed by atoms with Crippen molar-refractivity contribution in [2.75, 3.05) is 13.1 Å². The number of nitrogens with zero attached hydrogens (tertiary/aromatic N) is 2. The lowest BCUT2D eigenvalue weighted by Gasteiger charge is -2.33. The van der Waals surface area contributed by atoms with E-state index in [1.807, 2.05) is 25.6 Å². The highest BCUT2D eigenvalue weighted by atomic mass is 35.5. The van der Waals surface area contributed by atoms with Gasteiger partial charge in [0, 0.05) is 35.7 Å². The third kappa shape index (κ3) is 3.42. The highest BCUT2D eigenvalue weighted by Crippen LogP contribution is 2.28. The number of halogens is 1. The van der Waals surface area contributed by atoms with E-state index in [1.165, 1.54) is 16.6 Å². The molecule has 19 heavy (non-hydrogen) atoms. The standard InChI is InChI=1S/C12H17ClN2O2S2/c1-9-7-15(8-10(2)18-9)19(16,17)12-4-3-11(5-13)6-14-12/h3-4,6,9-10H,5,7-8H2,1-2H3. The van der Waals surface area contributed by atoms with E-state index < -0.39 is 10.0 Å². The fourth-order valence-electron chi connectivity index (χ4n) is 2.10. The number of pyridine rings is 1. The van der Waals surface area contributed by atoms with Crippen molar-refractivity contribution in [3.05, 3.63) is 23.9 Å². The molecule has 0 N–H and O–H groups in total. The lowest BCUT2D eigenvalue weighted by molar-refractivity contribution is 0.403. The maximum atomic E-state index is 12.5. The van der Waals surface area contributed by atoms with E-state index in [9.17, 15) is 8.42 Å². The highest BCUT2D eigenvalue weighted by Gasteiger charge is 2.32.